The Bertz CT molecular complexity index is 270. The van der Waals surface area contributed by atoms with Gasteiger partial charge in [0.15, 0.2) is 0 Å². The molecule has 0 saturated carbocycles. The number of ether oxygens (including phenoxy) is 1. The van der Waals surface area contributed by atoms with Gasteiger partial charge in [0.05, 0.1) is 13.2 Å². The van der Waals surface area contributed by atoms with Crippen molar-refractivity contribution in [3.8, 4) is 0 Å². The highest BCUT2D eigenvalue weighted by Crippen LogP contribution is 2.24. The lowest BCUT2D eigenvalue weighted by molar-refractivity contribution is 0.134. The first-order valence-corrected chi connectivity index (χ1v) is 4.18. The topological polar surface area (TPSA) is 9.23 Å². The van der Waals surface area contributed by atoms with Crippen molar-refractivity contribution in [1.29, 1.82) is 0 Å². The van der Waals surface area contributed by atoms with Crippen molar-refractivity contribution < 1.29 is 4.74 Å². The van der Waals surface area contributed by atoms with Crippen molar-refractivity contribution in [2.45, 2.75) is 19.1 Å². The van der Waals surface area contributed by atoms with Crippen molar-refractivity contribution >= 4 is 11.6 Å². The van der Waals surface area contributed by atoms with E-state index in [0.29, 0.717) is 5.88 Å². The van der Waals surface area contributed by atoms with E-state index in [2.05, 4.69) is 12.1 Å². The lowest BCUT2D eigenvalue weighted by Crippen LogP contribution is -1.88. The highest BCUT2D eigenvalue weighted by molar-refractivity contribution is 6.17. The number of hydrogen-bond donors (Lipinski definition) is 0. The molecule has 0 unspecified atom stereocenters. The molecule has 1 aliphatic rings. The molecular weight excluding hydrogens is 160 g/mol. The van der Waals surface area contributed by atoms with Gasteiger partial charge in [-0.15, -0.1) is 11.6 Å². The molecule has 1 nitrogen and oxygen atoms in total. The normalized spacial score (nSPS) is 15.0. The number of alkyl halides is 1. The minimum atomic E-state index is 0.590. The van der Waals surface area contributed by atoms with Crippen LogP contribution in [0.1, 0.15) is 16.7 Å². The van der Waals surface area contributed by atoms with E-state index in [1.54, 1.807) is 0 Å². The van der Waals surface area contributed by atoms with Gasteiger partial charge in [-0.2, -0.15) is 0 Å². The van der Waals surface area contributed by atoms with Crippen LogP contribution in [0.2, 0.25) is 0 Å². The monoisotopic (exact) mass is 168 g/mol. The van der Waals surface area contributed by atoms with Crippen LogP contribution in [0.3, 0.4) is 0 Å². The van der Waals surface area contributed by atoms with Crippen molar-refractivity contribution in [2.24, 2.45) is 0 Å². The molecule has 1 aliphatic heterocycles. The Hall–Kier alpha value is -0.530. The van der Waals surface area contributed by atoms with Crippen molar-refractivity contribution in [1.82, 2.24) is 0 Å². The molecule has 2 heteroatoms. The molecule has 1 aromatic rings. The van der Waals surface area contributed by atoms with Crippen molar-refractivity contribution in [3.63, 3.8) is 0 Å². The molecule has 0 aromatic heterocycles. The molecule has 0 aliphatic carbocycles. The zero-order chi connectivity index (χ0) is 7.68. The smallest absolute Gasteiger partial charge is 0.0728 e. The van der Waals surface area contributed by atoms with Crippen LogP contribution in [0.15, 0.2) is 18.2 Å². The first-order chi connectivity index (χ1) is 5.42. The lowest BCUT2D eigenvalue weighted by Gasteiger charge is -2.01. The molecule has 0 atom stereocenters. The molecule has 1 aromatic carbocycles. The average Bonchev–Trinajstić information content (AvgIpc) is 2.50. The van der Waals surface area contributed by atoms with E-state index < -0.39 is 0 Å². The van der Waals surface area contributed by atoms with E-state index >= 15 is 0 Å². The van der Waals surface area contributed by atoms with Gasteiger partial charge in [0, 0.05) is 5.88 Å². The van der Waals surface area contributed by atoms with Crippen LogP contribution in [0.5, 0.6) is 0 Å². The Morgan fingerprint density at radius 3 is 3.09 bits per heavy atom. The van der Waals surface area contributed by atoms with Crippen LogP contribution < -0.4 is 0 Å². The zero-order valence-corrected chi connectivity index (χ0v) is 6.90. The first-order valence-electron chi connectivity index (χ1n) is 3.65. The molecule has 0 saturated heterocycles. The van der Waals surface area contributed by atoms with Gasteiger partial charge in [-0.1, -0.05) is 18.2 Å². The summed E-state index contributed by atoms with van der Waals surface area (Å²) in [5.41, 5.74) is 3.80. The van der Waals surface area contributed by atoms with E-state index in [1.165, 1.54) is 16.7 Å². The second kappa shape index (κ2) is 2.84. The highest BCUT2D eigenvalue weighted by Gasteiger charge is 2.13. The summed E-state index contributed by atoms with van der Waals surface area (Å²) in [6.07, 6.45) is 0. The van der Waals surface area contributed by atoms with Gasteiger partial charge < -0.3 is 4.74 Å². The summed E-state index contributed by atoms with van der Waals surface area (Å²) in [7, 11) is 0. The van der Waals surface area contributed by atoms with Gasteiger partial charge in [0.1, 0.15) is 0 Å². The van der Waals surface area contributed by atoms with Crippen LogP contribution in [-0.2, 0) is 23.8 Å². The Morgan fingerprint density at radius 1 is 1.36 bits per heavy atom. The first kappa shape index (κ1) is 7.14. The van der Waals surface area contributed by atoms with Crippen LogP contribution >= 0.6 is 11.6 Å². The summed E-state index contributed by atoms with van der Waals surface area (Å²) >= 11 is 5.76. The molecule has 0 amide bonds. The third kappa shape index (κ3) is 1.15. The van der Waals surface area contributed by atoms with Crippen LogP contribution in [0.25, 0.3) is 0 Å². The molecule has 11 heavy (non-hydrogen) atoms. The molecule has 0 N–H and O–H groups in total. The fourth-order valence-corrected chi connectivity index (χ4v) is 1.65. The second-order valence-corrected chi connectivity index (χ2v) is 2.95. The standard InChI is InChI=1S/C9H9ClO/c10-4-7-2-1-3-8-5-11-6-9(7)8/h1-3H,4-6H2. The summed E-state index contributed by atoms with van der Waals surface area (Å²) in [4.78, 5) is 0. The third-order valence-electron chi connectivity index (χ3n) is 2.02. The van der Waals surface area contributed by atoms with E-state index in [-0.39, 0.29) is 0 Å². The molecular formula is C9H9ClO. The fourth-order valence-electron chi connectivity index (χ4n) is 1.40. The molecule has 0 fully saturated rings. The van der Waals surface area contributed by atoms with E-state index in [4.69, 9.17) is 16.3 Å². The number of fused-ring (bicyclic) bond motifs is 1. The number of halogens is 1. The summed E-state index contributed by atoms with van der Waals surface area (Å²) in [5, 5.41) is 0. The molecule has 2 rings (SSSR count). The maximum absolute atomic E-state index is 5.76. The van der Waals surface area contributed by atoms with Gasteiger partial charge in [-0.05, 0) is 16.7 Å². The van der Waals surface area contributed by atoms with E-state index in [9.17, 15) is 0 Å². The van der Waals surface area contributed by atoms with Gasteiger partial charge in [-0.3, -0.25) is 0 Å². The lowest BCUT2D eigenvalue weighted by atomic mass is 10.1. The highest BCUT2D eigenvalue weighted by atomic mass is 35.5. The van der Waals surface area contributed by atoms with Gasteiger partial charge in [-0.25, -0.2) is 0 Å². The van der Waals surface area contributed by atoms with Crippen LogP contribution in [0, 0.1) is 0 Å². The minimum Gasteiger partial charge on any atom is -0.372 e. The maximum Gasteiger partial charge on any atom is 0.0728 e. The van der Waals surface area contributed by atoms with Crippen LogP contribution in [-0.4, -0.2) is 0 Å². The van der Waals surface area contributed by atoms with E-state index in [0.717, 1.165) is 13.2 Å². The number of hydrogen-bond acceptors (Lipinski definition) is 1. The number of benzene rings is 1. The largest absolute Gasteiger partial charge is 0.372 e. The van der Waals surface area contributed by atoms with Gasteiger partial charge in [0.2, 0.25) is 0 Å². The average molecular weight is 169 g/mol. The summed E-state index contributed by atoms with van der Waals surface area (Å²) in [6, 6.07) is 6.18. The Kier molecular flexibility index (Phi) is 1.84. The van der Waals surface area contributed by atoms with Gasteiger partial charge >= 0.3 is 0 Å². The van der Waals surface area contributed by atoms with Gasteiger partial charge in [0.25, 0.3) is 0 Å². The van der Waals surface area contributed by atoms with Crippen molar-refractivity contribution in [3.05, 3.63) is 34.9 Å². The predicted octanol–water partition coefficient (Wildman–Crippen LogP) is 2.46. The molecule has 0 bridgehead atoms. The predicted molar refractivity (Wildman–Crippen MR) is 44.5 cm³/mol. The quantitative estimate of drug-likeness (QED) is 0.586. The molecule has 58 valence electrons. The third-order valence-corrected chi connectivity index (χ3v) is 2.31. The minimum absolute atomic E-state index is 0.590. The molecule has 1 heterocycles. The second-order valence-electron chi connectivity index (χ2n) is 2.68. The zero-order valence-electron chi connectivity index (χ0n) is 6.14. The fraction of sp³-hybridized carbons (Fsp3) is 0.333. The molecule has 0 spiro atoms. The Labute approximate surface area is 70.9 Å². The van der Waals surface area contributed by atoms with Crippen molar-refractivity contribution in [2.75, 3.05) is 0 Å². The SMILES string of the molecule is ClCc1cccc2c1COC2. The van der Waals surface area contributed by atoms with Crippen LogP contribution in [0.4, 0.5) is 0 Å². The van der Waals surface area contributed by atoms with E-state index in [1.807, 2.05) is 6.07 Å². The summed E-state index contributed by atoms with van der Waals surface area (Å²) in [5.74, 6) is 0.590. The molecule has 0 radical (unpaired) electrons. The summed E-state index contributed by atoms with van der Waals surface area (Å²) < 4.78 is 5.30. The Morgan fingerprint density at radius 2 is 2.27 bits per heavy atom. The summed E-state index contributed by atoms with van der Waals surface area (Å²) in [6.45, 7) is 1.48. The Balaban J connectivity index is 2.50. The number of rotatable bonds is 1. The maximum atomic E-state index is 5.76.